The van der Waals surface area contributed by atoms with Crippen LogP contribution in [0.3, 0.4) is 0 Å². The predicted octanol–water partition coefficient (Wildman–Crippen LogP) is 2.35. The monoisotopic (exact) mass is 386 g/mol. The van der Waals surface area contributed by atoms with Crippen LogP contribution in [-0.4, -0.2) is 31.9 Å². The van der Waals surface area contributed by atoms with Gasteiger partial charge in [-0.1, -0.05) is 31.4 Å². The lowest BCUT2D eigenvalue weighted by Gasteiger charge is -2.24. The van der Waals surface area contributed by atoms with Crippen LogP contribution in [0.2, 0.25) is 0 Å². The number of aromatic amines is 1. The Morgan fingerprint density at radius 1 is 1.36 bits per heavy atom. The van der Waals surface area contributed by atoms with Gasteiger partial charge in [-0.25, -0.2) is 4.98 Å². The van der Waals surface area contributed by atoms with Gasteiger partial charge in [0.25, 0.3) is 11.2 Å². The standard InChI is InChI=1S/C19H22N4O5/c24-16(22-13-6-2-1-3-7-13)10-15(17-18(25)20-11-21-19(17)26)12-5-4-8-14(9-12)23(27)28/h4-5,8-9,11,13,15H,1-3,6-7,10H2,(H,22,24)(H2,20,21,25,26). The van der Waals surface area contributed by atoms with Crippen molar-refractivity contribution in [3.63, 3.8) is 0 Å². The third-order valence-electron chi connectivity index (χ3n) is 5.06. The molecule has 1 unspecified atom stereocenters. The molecule has 1 heterocycles. The third kappa shape index (κ3) is 4.54. The Hall–Kier alpha value is -3.23. The van der Waals surface area contributed by atoms with E-state index in [1.54, 1.807) is 6.07 Å². The summed E-state index contributed by atoms with van der Waals surface area (Å²) < 4.78 is 0. The number of aromatic nitrogens is 2. The van der Waals surface area contributed by atoms with Crippen molar-refractivity contribution in [3.8, 4) is 5.88 Å². The second-order valence-corrected chi connectivity index (χ2v) is 6.98. The highest BCUT2D eigenvalue weighted by Gasteiger charge is 2.27. The lowest BCUT2D eigenvalue weighted by atomic mass is 9.88. The number of carbonyl (C=O) groups excluding carboxylic acids is 1. The molecule has 1 aliphatic carbocycles. The summed E-state index contributed by atoms with van der Waals surface area (Å²) in [6.45, 7) is 0. The molecule has 1 amide bonds. The van der Waals surface area contributed by atoms with Crippen LogP contribution in [0.25, 0.3) is 0 Å². The maximum Gasteiger partial charge on any atom is 0.269 e. The van der Waals surface area contributed by atoms with Crippen molar-refractivity contribution < 1.29 is 14.8 Å². The molecule has 0 saturated heterocycles. The molecule has 0 bridgehead atoms. The number of hydrogen-bond acceptors (Lipinski definition) is 6. The first kappa shape index (κ1) is 19.5. The molecule has 1 aromatic heterocycles. The largest absolute Gasteiger partial charge is 0.493 e. The van der Waals surface area contributed by atoms with Crippen LogP contribution in [-0.2, 0) is 4.79 Å². The van der Waals surface area contributed by atoms with E-state index in [2.05, 4.69) is 15.3 Å². The zero-order chi connectivity index (χ0) is 20.1. The van der Waals surface area contributed by atoms with Crippen molar-refractivity contribution in [2.24, 2.45) is 0 Å². The highest BCUT2D eigenvalue weighted by atomic mass is 16.6. The molecule has 2 aromatic rings. The van der Waals surface area contributed by atoms with Gasteiger partial charge in [0.05, 0.1) is 16.8 Å². The molecule has 3 rings (SSSR count). The predicted molar refractivity (Wildman–Crippen MR) is 101 cm³/mol. The van der Waals surface area contributed by atoms with Crippen LogP contribution in [0.5, 0.6) is 5.88 Å². The topological polar surface area (TPSA) is 138 Å². The number of nitrogens with zero attached hydrogens (tertiary/aromatic N) is 2. The van der Waals surface area contributed by atoms with E-state index in [9.17, 15) is 24.8 Å². The Labute approximate surface area is 161 Å². The molecular weight excluding hydrogens is 364 g/mol. The molecule has 1 aliphatic rings. The molecule has 1 aromatic carbocycles. The number of carbonyl (C=O) groups is 1. The van der Waals surface area contributed by atoms with Gasteiger partial charge in [-0.3, -0.25) is 19.7 Å². The Bertz CT molecular complexity index is 921. The summed E-state index contributed by atoms with van der Waals surface area (Å²) >= 11 is 0. The van der Waals surface area contributed by atoms with Gasteiger partial charge in [-0.2, -0.15) is 0 Å². The molecule has 1 saturated carbocycles. The minimum absolute atomic E-state index is 0.0817. The lowest BCUT2D eigenvalue weighted by Crippen LogP contribution is -2.37. The molecular formula is C19H22N4O5. The number of amides is 1. The Balaban J connectivity index is 1.93. The molecule has 0 radical (unpaired) electrons. The molecule has 3 N–H and O–H groups in total. The van der Waals surface area contributed by atoms with Crippen LogP contribution in [0, 0.1) is 10.1 Å². The van der Waals surface area contributed by atoms with E-state index >= 15 is 0 Å². The Morgan fingerprint density at radius 2 is 2.11 bits per heavy atom. The van der Waals surface area contributed by atoms with Gasteiger partial charge in [0, 0.05) is 30.5 Å². The van der Waals surface area contributed by atoms with E-state index in [1.165, 1.54) is 18.2 Å². The van der Waals surface area contributed by atoms with E-state index in [0.717, 1.165) is 38.4 Å². The van der Waals surface area contributed by atoms with Crippen LogP contribution in [0.4, 0.5) is 5.69 Å². The Kier molecular flexibility index (Phi) is 6.03. The lowest BCUT2D eigenvalue weighted by molar-refractivity contribution is -0.384. The van der Waals surface area contributed by atoms with Crippen molar-refractivity contribution in [2.45, 2.75) is 50.5 Å². The SMILES string of the molecule is O=C(CC(c1cccc([N+](=O)[O-])c1)c1c(O)nc[nH]c1=O)NC1CCCCC1. The molecule has 0 spiro atoms. The zero-order valence-electron chi connectivity index (χ0n) is 15.3. The number of hydrogen-bond donors (Lipinski definition) is 3. The highest BCUT2D eigenvalue weighted by molar-refractivity contribution is 5.78. The fraction of sp³-hybridized carbons (Fsp3) is 0.421. The van der Waals surface area contributed by atoms with Crippen LogP contribution >= 0.6 is 0 Å². The average Bonchev–Trinajstić information content (AvgIpc) is 2.68. The summed E-state index contributed by atoms with van der Waals surface area (Å²) in [6, 6.07) is 5.81. The molecule has 9 heteroatoms. The first-order valence-electron chi connectivity index (χ1n) is 9.26. The molecule has 1 atom stereocenters. The quantitative estimate of drug-likeness (QED) is 0.514. The number of nitro groups is 1. The first-order chi connectivity index (χ1) is 13.5. The molecule has 1 fully saturated rings. The summed E-state index contributed by atoms with van der Waals surface area (Å²) in [5, 5.41) is 24.2. The molecule has 148 valence electrons. The van der Waals surface area contributed by atoms with E-state index in [1.807, 2.05) is 0 Å². The average molecular weight is 386 g/mol. The molecule has 28 heavy (non-hydrogen) atoms. The summed E-state index contributed by atoms with van der Waals surface area (Å²) in [4.78, 5) is 41.6. The van der Waals surface area contributed by atoms with Crippen LogP contribution in [0.15, 0.2) is 35.4 Å². The summed E-state index contributed by atoms with van der Waals surface area (Å²) in [6.07, 6.45) is 6.03. The van der Waals surface area contributed by atoms with Crippen molar-refractivity contribution in [1.82, 2.24) is 15.3 Å². The van der Waals surface area contributed by atoms with Crippen molar-refractivity contribution in [2.75, 3.05) is 0 Å². The second-order valence-electron chi connectivity index (χ2n) is 6.98. The first-order valence-corrected chi connectivity index (χ1v) is 9.26. The zero-order valence-corrected chi connectivity index (χ0v) is 15.3. The van der Waals surface area contributed by atoms with Gasteiger partial charge in [-0.05, 0) is 18.4 Å². The number of aromatic hydroxyl groups is 1. The van der Waals surface area contributed by atoms with E-state index in [4.69, 9.17) is 0 Å². The van der Waals surface area contributed by atoms with Crippen molar-refractivity contribution >= 4 is 11.6 Å². The summed E-state index contributed by atoms with van der Waals surface area (Å²) in [5.74, 6) is -1.63. The fourth-order valence-electron chi connectivity index (χ4n) is 3.68. The number of H-pyrrole nitrogens is 1. The number of rotatable bonds is 6. The van der Waals surface area contributed by atoms with Gasteiger partial charge in [0.2, 0.25) is 11.8 Å². The molecule has 0 aliphatic heterocycles. The minimum atomic E-state index is -0.860. The van der Waals surface area contributed by atoms with E-state index < -0.39 is 22.3 Å². The number of nitro benzene ring substituents is 1. The van der Waals surface area contributed by atoms with Gasteiger partial charge in [-0.15, -0.1) is 0 Å². The highest BCUT2D eigenvalue weighted by Crippen LogP contribution is 2.32. The summed E-state index contributed by atoms with van der Waals surface area (Å²) in [7, 11) is 0. The maximum atomic E-state index is 12.7. The van der Waals surface area contributed by atoms with E-state index in [-0.39, 0.29) is 29.6 Å². The van der Waals surface area contributed by atoms with Crippen LogP contribution in [0.1, 0.15) is 55.6 Å². The van der Waals surface area contributed by atoms with Gasteiger partial charge < -0.3 is 15.4 Å². The van der Waals surface area contributed by atoms with E-state index in [0.29, 0.717) is 5.56 Å². The smallest absolute Gasteiger partial charge is 0.269 e. The van der Waals surface area contributed by atoms with Crippen molar-refractivity contribution in [1.29, 1.82) is 0 Å². The molecule has 9 nitrogen and oxygen atoms in total. The fourth-order valence-corrected chi connectivity index (χ4v) is 3.68. The van der Waals surface area contributed by atoms with Crippen LogP contribution < -0.4 is 10.9 Å². The number of non-ortho nitro benzene ring substituents is 1. The number of nitrogens with one attached hydrogen (secondary N) is 2. The third-order valence-corrected chi connectivity index (χ3v) is 5.06. The second kappa shape index (κ2) is 8.64. The minimum Gasteiger partial charge on any atom is -0.493 e. The summed E-state index contributed by atoms with van der Waals surface area (Å²) in [5.41, 5.74) is -0.437. The normalized spacial score (nSPS) is 15.7. The van der Waals surface area contributed by atoms with Gasteiger partial charge in [0.15, 0.2) is 0 Å². The maximum absolute atomic E-state index is 12.7. The Morgan fingerprint density at radius 3 is 2.79 bits per heavy atom. The van der Waals surface area contributed by atoms with Gasteiger partial charge >= 0.3 is 0 Å². The van der Waals surface area contributed by atoms with Gasteiger partial charge in [0.1, 0.15) is 0 Å². The number of benzene rings is 1. The van der Waals surface area contributed by atoms with Crippen molar-refractivity contribution in [3.05, 3.63) is 62.2 Å².